The topological polar surface area (TPSA) is 128 Å². The lowest BCUT2D eigenvalue weighted by molar-refractivity contribution is -0.134. The molecule has 0 aromatic heterocycles. The fourth-order valence-electron chi connectivity index (χ4n) is 4.49. The smallest absolute Gasteiger partial charge is 0.295 e. The van der Waals surface area contributed by atoms with E-state index in [2.05, 4.69) is 25.8 Å². The van der Waals surface area contributed by atoms with Crippen LogP contribution in [0.4, 0.5) is 34.1 Å². The van der Waals surface area contributed by atoms with Crippen molar-refractivity contribution >= 4 is 52.3 Å². The molecule has 4 aromatic rings. The predicted molar refractivity (Wildman–Crippen MR) is 184 cm³/mol. The molecule has 0 spiro atoms. The van der Waals surface area contributed by atoms with E-state index in [1.165, 1.54) is 0 Å². The highest BCUT2D eigenvalue weighted by Gasteiger charge is 2.15. The van der Waals surface area contributed by atoms with Crippen LogP contribution in [-0.2, 0) is 9.53 Å². The van der Waals surface area contributed by atoms with E-state index in [-0.39, 0.29) is 5.78 Å². The molecule has 11 heteroatoms. The van der Waals surface area contributed by atoms with E-state index >= 15 is 0 Å². The molecule has 1 amide bonds. The Morgan fingerprint density at radius 2 is 1.04 bits per heavy atom. The van der Waals surface area contributed by atoms with Crippen molar-refractivity contribution in [1.82, 2.24) is 5.32 Å². The Hall–Kier alpha value is -5.71. The first-order valence-corrected chi connectivity index (χ1v) is 15.2. The number of unbranched alkanes of at least 4 members (excludes halogenated alkanes) is 1. The van der Waals surface area contributed by atoms with Gasteiger partial charge in [-0.15, -0.1) is 0 Å². The number of ether oxygens (including phenoxy) is 1. The quantitative estimate of drug-likeness (QED) is 0.0434. The SMILES string of the molecule is CN(C)c1ccc(N=Nc2ccc(C(=O)CCCCC(NC(=O)c3ccc(N=Nc4ccc(N(C)C)cc4)cc3)OC=O)cc2)cc1. The molecule has 0 bridgehead atoms. The van der Waals surface area contributed by atoms with Crippen molar-refractivity contribution in [2.24, 2.45) is 20.5 Å². The first-order valence-electron chi connectivity index (χ1n) is 15.2. The maximum absolute atomic E-state index is 12.8. The molecule has 0 saturated carbocycles. The average Bonchev–Trinajstić information content (AvgIpc) is 3.09. The lowest BCUT2D eigenvalue weighted by Crippen LogP contribution is -2.36. The number of anilines is 2. The zero-order valence-corrected chi connectivity index (χ0v) is 27.0. The van der Waals surface area contributed by atoms with Crippen LogP contribution in [0.15, 0.2) is 118 Å². The average molecular weight is 634 g/mol. The van der Waals surface area contributed by atoms with Crippen LogP contribution < -0.4 is 15.1 Å². The zero-order chi connectivity index (χ0) is 33.6. The Morgan fingerprint density at radius 1 is 0.638 bits per heavy atom. The van der Waals surface area contributed by atoms with Crippen LogP contribution in [0.5, 0.6) is 0 Å². The van der Waals surface area contributed by atoms with Crippen LogP contribution in [0.3, 0.4) is 0 Å². The Kier molecular flexibility index (Phi) is 12.4. The third kappa shape index (κ3) is 10.7. The monoisotopic (exact) mass is 633 g/mol. The molecule has 4 aromatic carbocycles. The number of Topliss-reactive ketones (excluding diaryl/α,β-unsaturated/α-hetero) is 1. The molecule has 0 heterocycles. The summed E-state index contributed by atoms with van der Waals surface area (Å²) >= 11 is 0. The van der Waals surface area contributed by atoms with Crippen LogP contribution >= 0.6 is 0 Å². The summed E-state index contributed by atoms with van der Waals surface area (Å²) in [6.45, 7) is 0.308. The normalized spacial score (nSPS) is 11.7. The van der Waals surface area contributed by atoms with Gasteiger partial charge in [-0.05, 0) is 110 Å². The van der Waals surface area contributed by atoms with Gasteiger partial charge in [-0.2, -0.15) is 20.5 Å². The number of benzene rings is 4. The second-order valence-corrected chi connectivity index (χ2v) is 11.2. The zero-order valence-electron chi connectivity index (χ0n) is 27.0. The Bertz CT molecular complexity index is 1670. The molecule has 4 rings (SSSR count). The molecule has 1 unspecified atom stereocenters. The second kappa shape index (κ2) is 17.1. The van der Waals surface area contributed by atoms with Gasteiger partial charge < -0.3 is 19.9 Å². The fourth-order valence-corrected chi connectivity index (χ4v) is 4.49. The third-order valence-corrected chi connectivity index (χ3v) is 7.24. The number of carbonyl (C=O) groups is 3. The number of nitrogens with zero attached hydrogens (tertiary/aromatic N) is 6. The van der Waals surface area contributed by atoms with E-state index in [9.17, 15) is 14.4 Å². The van der Waals surface area contributed by atoms with Gasteiger partial charge >= 0.3 is 0 Å². The molecular formula is C36H39N7O4. The molecule has 0 saturated heterocycles. The minimum Gasteiger partial charge on any atom is -0.444 e. The number of carbonyl (C=O) groups excluding carboxylic acids is 3. The van der Waals surface area contributed by atoms with E-state index < -0.39 is 12.1 Å². The summed E-state index contributed by atoms with van der Waals surface area (Å²) in [4.78, 5) is 40.6. The summed E-state index contributed by atoms with van der Waals surface area (Å²) in [6.07, 6.45) is 0.999. The summed E-state index contributed by atoms with van der Waals surface area (Å²) in [5.41, 5.74) is 5.80. The first-order chi connectivity index (χ1) is 22.7. The number of hydrogen-bond donors (Lipinski definition) is 1. The van der Waals surface area contributed by atoms with Crippen LogP contribution in [0.25, 0.3) is 0 Å². The van der Waals surface area contributed by atoms with Crippen LogP contribution in [0, 0.1) is 0 Å². The Balaban J connectivity index is 1.21. The number of rotatable bonds is 16. The molecule has 0 radical (unpaired) electrons. The number of nitrogens with one attached hydrogen (secondary N) is 1. The minimum absolute atomic E-state index is 0.00697. The molecule has 47 heavy (non-hydrogen) atoms. The summed E-state index contributed by atoms with van der Waals surface area (Å²) in [7, 11) is 7.89. The van der Waals surface area contributed by atoms with Crippen LogP contribution in [-0.4, -0.2) is 52.6 Å². The van der Waals surface area contributed by atoms with Crippen molar-refractivity contribution in [1.29, 1.82) is 0 Å². The predicted octanol–water partition coefficient (Wildman–Crippen LogP) is 8.32. The molecule has 0 fully saturated rings. The fraction of sp³-hybridized carbons (Fsp3) is 0.250. The Labute approximate surface area is 275 Å². The van der Waals surface area contributed by atoms with Crippen molar-refractivity contribution in [2.75, 3.05) is 38.0 Å². The molecule has 1 atom stereocenters. The highest BCUT2D eigenvalue weighted by atomic mass is 16.5. The second-order valence-electron chi connectivity index (χ2n) is 11.2. The van der Waals surface area contributed by atoms with Gasteiger partial charge in [0.15, 0.2) is 12.0 Å². The third-order valence-electron chi connectivity index (χ3n) is 7.24. The van der Waals surface area contributed by atoms with E-state index in [1.54, 1.807) is 48.5 Å². The lowest BCUT2D eigenvalue weighted by Gasteiger charge is -2.17. The van der Waals surface area contributed by atoms with Crippen molar-refractivity contribution in [3.05, 3.63) is 108 Å². The van der Waals surface area contributed by atoms with Gasteiger partial charge in [0.05, 0.1) is 22.7 Å². The van der Waals surface area contributed by atoms with Gasteiger partial charge in [0.1, 0.15) is 0 Å². The minimum atomic E-state index is -0.816. The molecule has 1 N–H and O–H groups in total. The van der Waals surface area contributed by atoms with E-state index in [0.29, 0.717) is 60.3 Å². The van der Waals surface area contributed by atoms with Crippen molar-refractivity contribution in [2.45, 2.75) is 31.9 Å². The van der Waals surface area contributed by atoms with E-state index in [4.69, 9.17) is 4.74 Å². The summed E-state index contributed by atoms with van der Waals surface area (Å²) < 4.78 is 5.09. The molecule has 11 nitrogen and oxygen atoms in total. The number of amides is 1. The number of ketones is 1. The molecule has 0 aliphatic rings. The first kappa shape index (κ1) is 34.2. The van der Waals surface area contributed by atoms with Gasteiger partial charge in [-0.25, -0.2) is 0 Å². The van der Waals surface area contributed by atoms with Gasteiger partial charge in [0.2, 0.25) is 0 Å². The standard InChI is InChI=1S/C36H39N7O4/c1-42(2)32-21-17-30(18-22-32)40-38-28-13-9-26(10-14-28)34(45)7-5-6-8-35(47-25-44)37-36(46)27-11-15-29(16-12-27)39-41-31-19-23-33(24-20-31)43(3)4/h9-25,35H,5-8H2,1-4H3,(H,37,46). The summed E-state index contributed by atoms with van der Waals surface area (Å²) in [5, 5.41) is 19.7. The van der Waals surface area contributed by atoms with Gasteiger partial charge in [-0.1, -0.05) is 0 Å². The lowest BCUT2D eigenvalue weighted by atomic mass is 10.0. The van der Waals surface area contributed by atoms with E-state index in [1.807, 2.05) is 86.5 Å². The van der Waals surface area contributed by atoms with Crippen molar-refractivity contribution < 1.29 is 19.1 Å². The van der Waals surface area contributed by atoms with Gasteiger partial charge in [0, 0.05) is 63.5 Å². The van der Waals surface area contributed by atoms with E-state index in [0.717, 1.165) is 17.1 Å². The van der Waals surface area contributed by atoms with Gasteiger partial charge in [0.25, 0.3) is 12.4 Å². The van der Waals surface area contributed by atoms with Gasteiger partial charge in [-0.3, -0.25) is 14.4 Å². The molecule has 0 aliphatic carbocycles. The molecular weight excluding hydrogens is 594 g/mol. The summed E-state index contributed by atoms with van der Waals surface area (Å²) in [6, 6.07) is 29.0. The molecule has 0 aliphatic heterocycles. The largest absolute Gasteiger partial charge is 0.444 e. The molecule has 242 valence electrons. The summed E-state index contributed by atoms with van der Waals surface area (Å²) in [5.74, 6) is -0.397. The highest BCUT2D eigenvalue weighted by molar-refractivity contribution is 5.96. The maximum Gasteiger partial charge on any atom is 0.295 e. The number of hydrogen-bond acceptors (Lipinski definition) is 10. The Morgan fingerprint density at radius 3 is 1.45 bits per heavy atom. The van der Waals surface area contributed by atoms with Crippen molar-refractivity contribution in [3.8, 4) is 0 Å². The van der Waals surface area contributed by atoms with Crippen LogP contribution in [0.2, 0.25) is 0 Å². The highest BCUT2D eigenvalue weighted by Crippen LogP contribution is 2.23. The van der Waals surface area contributed by atoms with Crippen molar-refractivity contribution in [3.63, 3.8) is 0 Å². The number of azo groups is 2. The van der Waals surface area contributed by atoms with Crippen LogP contribution in [0.1, 0.15) is 46.4 Å². The maximum atomic E-state index is 12.8.